The van der Waals surface area contributed by atoms with Crippen LogP contribution in [0, 0.1) is 0 Å². The van der Waals surface area contributed by atoms with Crippen LogP contribution in [-0.4, -0.2) is 39.9 Å². The van der Waals surface area contributed by atoms with E-state index in [1.807, 2.05) is 0 Å². The molecule has 0 atom stereocenters. The summed E-state index contributed by atoms with van der Waals surface area (Å²) in [6.45, 7) is 0. The molecular formula is C9H9BFNO3S. The molecule has 0 saturated heterocycles. The number of benzene rings is 1. The molecule has 4 nitrogen and oxygen atoms in total. The number of hydrogen-bond acceptors (Lipinski definition) is 3. The Morgan fingerprint density at radius 2 is 1.88 bits per heavy atom. The molecule has 1 aromatic rings. The zero-order chi connectivity index (χ0) is 12.3. The molecule has 0 unspecified atom stereocenters. The van der Waals surface area contributed by atoms with Crippen LogP contribution in [0.4, 0.5) is 3.89 Å². The van der Waals surface area contributed by atoms with E-state index in [-0.39, 0.29) is 11.5 Å². The van der Waals surface area contributed by atoms with Gasteiger partial charge in [-0.2, -0.15) is 0 Å². The second-order valence-electron chi connectivity index (χ2n) is 3.06. The summed E-state index contributed by atoms with van der Waals surface area (Å²) >= 11 is 0. The van der Waals surface area contributed by atoms with Crippen LogP contribution < -0.4 is 0 Å². The van der Waals surface area contributed by atoms with Crippen molar-refractivity contribution in [1.82, 2.24) is 4.90 Å². The molecule has 0 spiro atoms. The second-order valence-corrected chi connectivity index (χ2v) is 4.41. The average Bonchev–Trinajstić information content (AvgIpc) is 2.26. The first-order valence-corrected chi connectivity index (χ1v) is 5.69. The summed E-state index contributed by atoms with van der Waals surface area (Å²) in [5.74, 6) is -0.349. The van der Waals surface area contributed by atoms with Crippen molar-refractivity contribution in [3.8, 4) is 0 Å². The van der Waals surface area contributed by atoms with E-state index in [0.29, 0.717) is 0 Å². The minimum atomic E-state index is -4.72. The van der Waals surface area contributed by atoms with E-state index in [9.17, 15) is 17.1 Å². The molecule has 0 aliphatic heterocycles. The maximum absolute atomic E-state index is 12.5. The Morgan fingerprint density at radius 1 is 1.38 bits per heavy atom. The molecule has 0 aliphatic rings. The van der Waals surface area contributed by atoms with E-state index in [4.69, 9.17) is 0 Å². The molecule has 7 heteroatoms. The maximum atomic E-state index is 12.5. The molecule has 0 fully saturated rings. The zero-order valence-corrected chi connectivity index (χ0v) is 9.37. The van der Waals surface area contributed by atoms with Gasteiger partial charge < -0.3 is 0 Å². The van der Waals surface area contributed by atoms with Crippen molar-refractivity contribution in [3.63, 3.8) is 0 Å². The molecule has 84 valence electrons. The van der Waals surface area contributed by atoms with Gasteiger partial charge in [-0.05, 0) is 0 Å². The number of rotatable bonds is 3. The van der Waals surface area contributed by atoms with Crippen LogP contribution in [-0.2, 0) is 10.2 Å². The molecule has 0 N–H and O–H groups in total. The third-order valence-corrected chi connectivity index (χ3v) is 2.81. The average molecular weight is 241 g/mol. The molecule has 1 rings (SSSR count). The number of nitrogens with zero attached hydrogens (tertiary/aromatic N) is 1. The third kappa shape index (κ3) is 2.76. The summed E-state index contributed by atoms with van der Waals surface area (Å²) in [4.78, 5) is 12.3. The minimum absolute atomic E-state index is 0.259. The van der Waals surface area contributed by atoms with Gasteiger partial charge in [0.1, 0.15) is 0 Å². The summed E-state index contributed by atoms with van der Waals surface area (Å²) in [7, 11) is 0.206. The van der Waals surface area contributed by atoms with E-state index in [0.717, 1.165) is 12.1 Å². The predicted molar refractivity (Wildman–Crippen MR) is 60.0 cm³/mol. The van der Waals surface area contributed by atoms with Gasteiger partial charge in [0.25, 0.3) is 0 Å². The van der Waals surface area contributed by atoms with Gasteiger partial charge >= 0.3 is 93.5 Å². The third-order valence-electron chi connectivity index (χ3n) is 1.98. The topological polar surface area (TPSA) is 54.5 Å². The van der Waals surface area contributed by atoms with Crippen molar-refractivity contribution in [2.75, 3.05) is 7.05 Å². The van der Waals surface area contributed by atoms with Crippen LogP contribution in [0.5, 0.6) is 0 Å². The summed E-state index contributed by atoms with van der Waals surface area (Å²) < 4.78 is 33.6. The van der Waals surface area contributed by atoms with E-state index in [1.54, 1.807) is 0 Å². The Kier molecular flexibility index (Phi) is 3.59. The van der Waals surface area contributed by atoms with Crippen molar-refractivity contribution >= 4 is 29.7 Å². The van der Waals surface area contributed by atoms with Gasteiger partial charge in [0.05, 0.1) is 0 Å². The zero-order valence-electron chi connectivity index (χ0n) is 8.55. The molecular weight excluding hydrogens is 232 g/mol. The van der Waals surface area contributed by atoms with Crippen molar-refractivity contribution in [2.45, 2.75) is 4.90 Å². The fraction of sp³-hybridized carbons (Fsp3) is 0.111. The number of carbonyl (C=O) groups excluding carboxylic acids is 1. The van der Waals surface area contributed by atoms with Crippen molar-refractivity contribution in [3.05, 3.63) is 29.8 Å². The normalized spacial score (nSPS) is 10.8. The molecule has 0 saturated carbocycles. The Bertz CT molecular complexity index is 512. The number of amides is 1. The monoisotopic (exact) mass is 241 g/mol. The molecule has 0 heterocycles. The van der Waals surface area contributed by atoms with Crippen LogP contribution in [0.2, 0.25) is 0 Å². The van der Waals surface area contributed by atoms with E-state index >= 15 is 0 Å². The number of carbonyl (C=O) groups is 1. The first-order valence-electron chi connectivity index (χ1n) is 4.30. The quantitative estimate of drug-likeness (QED) is 0.556. The fourth-order valence-corrected chi connectivity index (χ4v) is 1.51. The van der Waals surface area contributed by atoms with Crippen LogP contribution in [0.15, 0.2) is 29.2 Å². The molecule has 0 aliphatic carbocycles. The number of halogens is 1. The summed E-state index contributed by atoms with van der Waals surface area (Å²) in [6, 6.07) is 4.57. The first-order chi connectivity index (χ1) is 7.36. The van der Waals surface area contributed by atoms with E-state index < -0.39 is 15.1 Å². The van der Waals surface area contributed by atoms with Crippen LogP contribution >= 0.6 is 0 Å². The number of hydrogen-bond donors (Lipinski definition) is 0. The Balaban J connectivity index is 3.05. The predicted octanol–water partition coefficient (Wildman–Crippen LogP) is 0.0773. The van der Waals surface area contributed by atoms with Gasteiger partial charge in [0.15, 0.2) is 0 Å². The van der Waals surface area contributed by atoms with Crippen LogP contribution in [0.3, 0.4) is 0 Å². The van der Waals surface area contributed by atoms with Gasteiger partial charge in [0, 0.05) is 0 Å². The van der Waals surface area contributed by atoms with Gasteiger partial charge in [-0.15, -0.1) is 0 Å². The van der Waals surface area contributed by atoms with Gasteiger partial charge in [0.2, 0.25) is 0 Å². The van der Waals surface area contributed by atoms with Gasteiger partial charge in [-0.3, -0.25) is 0 Å². The van der Waals surface area contributed by atoms with Crippen molar-refractivity contribution in [2.24, 2.45) is 0 Å². The molecule has 0 bridgehead atoms. The SMILES string of the molecule is B=CN(C)C(=O)c1ccc(S(=O)(=O)F)cc1. The Morgan fingerprint density at radius 3 is 2.25 bits per heavy atom. The molecule has 0 radical (unpaired) electrons. The molecule has 0 aromatic heterocycles. The molecule has 1 aromatic carbocycles. The Labute approximate surface area is 94.0 Å². The second kappa shape index (κ2) is 4.57. The van der Waals surface area contributed by atoms with Gasteiger partial charge in [-0.25, -0.2) is 0 Å². The standard InChI is InChI=1S/C9H9BFNO3S/c1-12(6-10)9(13)7-2-4-8(5-3-7)16(11,14)15/h2-6,10H,1H3. The molecule has 16 heavy (non-hydrogen) atoms. The van der Waals surface area contributed by atoms with Crippen molar-refractivity contribution < 1.29 is 17.1 Å². The van der Waals surface area contributed by atoms with Crippen molar-refractivity contribution in [1.29, 1.82) is 0 Å². The first kappa shape index (κ1) is 12.6. The van der Waals surface area contributed by atoms with Crippen LogP contribution in [0.25, 0.3) is 0 Å². The summed E-state index contributed by atoms with van der Waals surface area (Å²) in [6.07, 6.45) is 1.32. The fourth-order valence-electron chi connectivity index (χ4n) is 1.05. The summed E-state index contributed by atoms with van der Waals surface area (Å²) in [5.41, 5.74) is 0.259. The Hall–Kier alpha value is -1.50. The van der Waals surface area contributed by atoms with E-state index in [1.165, 1.54) is 30.2 Å². The molecule has 1 amide bonds. The van der Waals surface area contributed by atoms with Gasteiger partial charge in [-0.1, -0.05) is 0 Å². The van der Waals surface area contributed by atoms with E-state index in [2.05, 4.69) is 7.49 Å². The summed E-state index contributed by atoms with van der Waals surface area (Å²) in [5, 5.41) is 0. The van der Waals surface area contributed by atoms with Crippen LogP contribution in [0.1, 0.15) is 10.4 Å².